The van der Waals surface area contributed by atoms with Crippen LogP contribution in [0.15, 0.2) is 59.5 Å². The minimum Gasteiger partial charge on any atom is -0.490 e. The number of nitrogens with zero attached hydrogens (tertiary/aromatic N) is 1. The van der Waals surface area contributed by atoms with E-state index in [1.165, 1.54) is 15.6 Å². The molecule has 226 valence electrons. The van der Waals surface area contributed by atoms with Crippen LogP contribution in [-0.4, -0.2) is 68.9 Å². The second kappa shape index (κ2) is 13.5. The molecule has 2 aliphatic heterocycles. The first-order valence-corrected chi connectivity index (χ1v) is 17.0. The first-order chi connectivity index (χ1) is 20.2. The number of nitrogens with one attached hydrogen (secondary N) is 3. The van der Waals surface area contributed by atoms with Crippen molar-refractivity contribution >= 4 is 43.3 Å². The van der Waals surface area contributed by atoms with Crippen LogP contribution in [0.5, 0.6) is 5.75 Å². The van der Waals surface area contributed by atoms with E-state index >= 15 is 0 Å². The average molecular weight is 613 g/mol. The molecule has 11 heteroatoms. The molecule has 9 nitrogen and oxygen atoms in total. The van der Waals surface area contributed by atoms with Crippen LogP contribution in [-0.2, 0) is 14.8 Å². The zero-order valence-corrected chi connectivity index (χ0v) is 25.8. The molecule has 0 spiro atoms. The molecule has 1 atom stereocenters. The topological polar surface area (TPSA) is 117 Å². The van der Waals surface area contributed by atoms with Gasteiger partial charge in [-0.25, -0.2) is 8.42 Å². The Bertz CT molecular complexity index is 1440. The van der Waals surface area contributed by atoms with Gasteiger partial charge >= 0.3 is 0 Å². The highest BCUT2D eigenvalue weighted by Crippen LogP contribution is 2.26. The van der Waals surface area contributed by atoms with Gasteiger partial charge in [-0.1, -0.05) is 32.0 Å². The minimum absolute atomic E-state index is 0.146. The van der Waals surface area contributed by atoms with Crippen molar-refractivity contribution in [2.45, 2.75) is 69.0 Å². The molecule has 2 amide bonds. The molecule has 42 heavy (non-hydrogen) atoms. The summed E-state index contributed by atoms with van der Waals surface area (Å²) in [4.78, 5) is 27.1. The lowest BCUT2D eigenvalue weighted by Gasteiger charge is -2.32. The fourth-order valence-electron chi connectivity index (χ4n) is 5.51. The lowest BCUT2D eigenvalue weighted by molar-refractivity contribution is -0.124. The fraction of sp³-hybridized carbons (Fsp3) is 0.484. The van der Waals surface area contributed by atoms with Gasteiger partial charge < -0.3 is 20.7 Å². The average Bonchev–Trinajstić information content (AvgIpc) is 3.42. The number of hydrogen-bond acceptors (Lipinski definition) is 7. The monoisotopic (exact) mass is 612 g/mol. The smallest absolute Gasteiger partial charge is 0.262 e. The molecular weight excluding hydrogens is 572 g/mol. The van der Waals surface area contributed by atoms with Crippen LogP contribution in [0.4, 0.5) is 0 Å². The van der Waals surface area contributed by atoms with Gasteiger partial charge in [0.05, 0.1) is 9.77 Å². The van der Waals surface area contributed by atoms with E-state index < -0.39 is 16.1 Å². The summed E-state index contributed by atoms with van der Waals surface area (Å²) in [5.74, 6) is 0.387. The van der Waals surface area contributed by atoms with Crippen molar-refractivity contribution in [1.82, 2.24) is 20.3 Å². The number of amides is 2. The molecule has 3 aromatic rings. The lowest BCUT2D eigenvalue weighted by atomic mass is 10.0. The minimum atomic E-state index is -3.65. The first kappa shape index (κ1) is 30.5. The second-order valence-corrected chi connectivity index (χ2v) is 14.6. The van der Waals surface area contributed by atoms with Crippen LogP contribution in [0.1, 0.15) is 55.6 Å². The number of ether oxygens (including phenoxy) is 1. The molecule has 2 fully saturated rings. The number of carbonyl (C=O) groups excluding carboxylic acids is 2. The highest BCUT2D eigenvalue weighted by molar-refractivity contribution is 7.89. The van der Waals surface area contributed by atoms with Gasteiger partial charge in [-0.3, -0.25) is 9.59 Å². The summed E-state index contributed by atoms with van der Waals surface area (Å²) in [5.41, 5.74) is 0. The van der Waals surface area contributed by atoms with Crippen LogP contribution in [0.3, 0.4) is 0 Å². The Kier molecular flexibility index (Phi) is 9.82. The molecule has 5 rings (SSSR count). The molecule has 1 aromatic heterocycles. The van der Waals surface area contributed by atoms with Gasteiger partial charge in [0.1, 0.15) is 17.9 Å². The number of fused-ring (bicyclic) bond motifs is 1. The summed E-state index contributed by atoms with van der Waals surface area (Å²) in [5, 5.41) is 10.3. The van der Waals surface area contributed by atoms with Gasteiger partial charge in [-0.15, -0.1) is 11.3 Å². The zero-order chi connectivity index (χ0) is 29.7. The van der Waals surface area contributed by atoms with Gasteiger partial charge in [0.2, 0.25) is 15.9 Å². The second-order valence-electron chi connectivity index (χ2n) is 11.5. The summed E-state index contributed by atoms with van der Waals surface area (Å²) in [6.45, 7) is 6.50. The lowest BCUT2D eigenvalue weighted by Crippen LogP contribution is -2.53. The maximum atomic E-state index is 13.3. The number of benzene rings is 2. The van der Waals surface area contributed by atoms with Crippen LogP contribution in [0.25, 0.3) is 10.1 Å². The molecule has 0 bridgehead atoms. The van der Waals surface area contributed by atoms with Crippen LogP contribution >= 0.6 is 11.3 Å². The van der Waals surface area contributed by atoms with Gasteiger partial charge in [0.25, 0.3) is 5.91 Å². The number of rotatable bonds is 10. The molecule has 2 aliphatic rings. The molecule has 0 unspecified atom stereocenters. The Hall–Kier alpha value is -2.99. The van der Waals surface area contributed by atoms with Crippen molar-refractivity contribution in [3.8, 4) is 5.75 Å². The van der Waals surface area contributed by atoms with E-state index in [0.29, 0.717) is 43.0 Å². The van der Waals surface area contributed by atoms with E-state index in [0.717, 1.165) is 36.0 Å². The number of hydrogen-bond donors (Lipinski definition) is 3. The van der Waals surface area contributed by atoms with E-state index in [1.807, 2.05) is 44.2 Å². The van der Waals surface area contributed by atoms with Crippen molar-refractivity contribution in [2.24, 2.45) is 5.92 Å². The van der Waals surface area contributed by atoms with Gasteiger partial charge in [-0.2, -0.15) is 4.31 Å². The Morgan fingerprint density at radius 1 is 1.02 bits per heavy atom. The van der Waals surface area contributed by atoms with E-state index in [1.54, 1.807) is 24.3 Å². The SMILES string of the molecule is CC(C)C[C@H](NC(=O)c1cc2ccccc2s1)C(=O)NC1CCN(S(=O)(=O)c2ccc(OC3CCNCC3)cc2)CC1. The van der Waals surface area contributed by atoms with Gasteiger partial charge in [0, 0.05) is 23.8 Å². The predicted molar refractivity (Wildman–Crippen MR) is 165 cm³/mol. The molecule has 3 heterocycles. The normalized spacial score (nSPS) is 18.2. The summed E-state index contributed by atoms with van der Waals surface area (Å²) < 4.78 is 35.1. The highest BCUT2D eigenvalue weighted by atomic mass is 32.2. The highest BCUT2D eigenvalue weighted by Gasteiger charge is 2.32. The largest absolute Gasteiger partial charge is 0.490 e. The first-order valence-electron chi connectivity index (χ1n) is 14.8. The molecule has 2 aromatic carbocycles. The molecule has 0 aliphatic carbocycles. The molecule has 0 radical (unpaired) electrons. The van der Waals surface area contributed by atoms with Crippen molar-refractivity contribution in [1.29, 1.82) is 0 Å². The maximum Gasteiger partial charge on any atom is 0.262 e. The Labute approximate surface area is 252 Å². The molecule has 0 saturated carbocycles. The number of thiophene rings is 1. The zero-order valence-electron chi connectivity index (χ0n) is 24.2. The van der Waals surface area contributed by atoms with E-state index in [-0.39, 0.29) is 34.8 Å². The quantitative estimate of drug-likeness (QED) is 0.317. The summed E-state index contributed by atoms with van der Waals surface area (Å²) in [7, 11) is -3.65. The Morgan fingerprint density at radius 3 is 2.38 bits per heavy atom. The predicted octanol–water partition coefficient (Wildman–Crippen LogP) is 4.15. The summed E-state index contributed by atoms with van der Waals surface area (Å²) in [6.07, 6.45) is 3.52. The Balaban J connectivity index is 1.15. The molecular formula is C31H40N4O5S2. The van der Waals surface area contributed by atoms with Gasteiger partial charge in [0.15, 0.2) is 0 Å². The van der Waals surface area contributed by atoms with Gasteiger partial charge in [-0.05, 0) is 92.9 Å². The van der Waals surface area contributed by atoms with E-state index in [4.69, 9.17) is 4.74 Å². The summed E-state index contributed by atoms with van der Waals surface area (Å²) >= 11 is 1.41. The standard InChI is InChI=1S/C31H40N4O5S2/c1-21(2)19-27(34-31(37)29-20-22-5-3-4-6-28(22)41-29)30(36)33-23-13-17-35(18-14-23)42(38,39)26-9-7-24(8-10-26)40-25-11-15-32-16-12-25/h3-10,20-21,23,25,27,32H,11-19H2,1-2H3,(H,33,36)(H,34,37)/t27-/m0/s1. The third-order valence-corrected chi connectivity index (χ3v) is 10.9. The molecule has 3 N–H and O–H groups in total. The van der Waals surface area contributed by atoms with E-state index in [2.05, 4.69) is 16.0 Å². The number of piperidine rings is 2. The van der Waals surface area contributed by atoms with Crippen LogP contribution < -0.4 is 20.7 Å². The summed E-state index contributed by atoms with van der Waals surface area (Å²) in [6, 6.07) is 15.5. The van der Waals surface area contributed by atoms with Crippen molar-refractivity contribution < 1.29 is 22.7 Å². The fourth-order valence-corrected chi connectivity index (χ4v) is 7.95. The number of sulfonamides is 1. The van der Waals surface area contributed by atoms with Crippen LogP contribution in [0, 0.1) is 5.92 Å². The third kappa shape index (κ3) is 7.50. The maximum absolute atomic E-state index is 13.3. The van der Waals surface area contributed by atoms with Crippen LogP contribution in [0.2, 0.25) is 0 Å². The van der Waals surface area contributed by atoms with Crippen molar-refractivity contribution in [3.05, 3.63) is 59.5 Å². The van der Waals surface area contributed by atoms with Crippen molar-refractivity contribution in [3.63, 3.8) is 0 Å². The third-order valence-electron chi connectivity index (χ3n) is 7.83. The Morgan fingerprint density at radius 2 is 1.71 bits per heavy atom. The van der Waals surface area contributed by atoms with E-state index in [9.17, 15) is 18.0 Å². The molecule has 2 saturated heterocycles. The van der Waals surface area contributed by atoms with Crippen molar-refractivity contribution in [2.75, 3.05) is 26.2 Å². The number of carbonyl (C=O) groups is 2.